The zero-order valence-electron chi connectivity index (χ0n) is 11.6. The van der Waals surface area contributed by atoms with Gasteiger partial charge in [-0.15, -0.1) is 6.42 Å². The van der Waals surface area contributed by atoms with Gasteiger partial charge in [-0.1, -0.05) is 17.7 Å². The number of terminal acetylenes is 1. The van der Waals surface area contributed by atoms with Crippen molar-refractivity contribution >= 4 is 17.7 Å². The molecule has 5 nitrogen and oxygen atoms in total. The molecule has 1 heterocycles. The number of rotatable bonds is 6. The minimum absolute atomic E-state index is 0.109. The van der Waals surface area contributed by atoms with Crippen molar-refractivity contribution in [3.8, 4) is 23.8 Å². The van der Waals surface area contributed by atoms with Gasteiger partial charge in [-0.25, -0.2) is 4.98 Å². The Labute approximate surface area is 127 Å². The summed E-state index contributed by atoms with van der Waals surface area (Å²) in [5.41, 5.74) is 0.958. The number of hydrogen-bond donors (Lipinski definition) is 1. The molecule has 21 heavy (non-hydrogen) atoms. The van der Waals surface area contributed by atoms with Crippen LogP contribution in [-0.2, 0) is 4.79 Å². The number of carbonyl (C=O) groups excluding carboxylic acids is 1. The second kappa shape index (κ2) is 7.41. The van der Waals surface area contributed by atoms with E-state index in [0.717, 1.165) is 16.6 Å². The van der Waals surface area contributed by atoms with E-state index in [9.17, 15) is 4.79 Å². The van der Waals surface area contributed by atoms with Gasteiger partial charge in [-0.2, -0.15) is 0 Å². The average molecular weight is 301 g/mol. The summed E-state index contributed by atoms with van der Waals surface area (Å²) < 4.78 is 7.05. The van der Waals surface area contributed by atoms with E-state index in [1.54, 1.807) is 13.3 Å². The van der Waals surface area contributed by atoms with E-state index in [-0.39, 0.29) is 18.2 Å². The molecule has 0 aliphatic carbocycles. The maximum Gasteiger partial charge on any atom is 0.231 e. The molecule has 1 N–H and O–H groups in total. The minimum atomic E-state index is -0.109. The average Bonchev–Trinajstić information content (AvgIpc) is 2.99. The van der Waals surface area contributed by atoms with Gasteiger partial charge in [-0.05, 0) is 24.3 Å². The quantitative estimate of drug-likeness (QED) is 0.652. The van der Waals surface area contributed by atoms with Gasteiger partial charge < -0.3 is 10.1 Å². The van der Waals surface area contributed by atoms with Crippen LogP contribution in [0.4, 0.5) is 0 Å². The predicted octanol–water partition coefficient (Wildman–Crippen LogP) is 1.72. The van der Waals surface area contributed by atoms with Crippen LogP contribution in [0.5, 0.6) is 5.75 Å². The van der Waals surface area contributed by atoms with Gasteiger partial charge in [0.15, 0.2) is 5.16 Å². The van der Waals surface area contributed by atoms with E-state index in [2.05, 4.69) is 16.2 Å². The van der Waals surface area contributed by atoms with E-state index in [4.69, 9.17) is 11.2 Å². The van der Waals surface area contributed by atoms with Gasteiger partial charge in [0.05, 0.1) is 19.4 Å². The molecule has 1 aromatic carbocycles. The van der Waals surface area contributed by atoms with Crippen LogP contribution in [0.1, 0.15) is 0 Å². The van der Waals surface area contributed by atoms with Gasteiger partial charge in [0, 0.05) is 18.1 Å². The second-order valence-electron chi connectivity index (χ2n) is 4.05. The Morgan fingerprint density at radius 1 is 1.48 bits per heavy atom. The molecule has 1 amide bonds. The third-order valence-corrected chi connectivity index (χ3v) is 3.64. The third kappa shape index (κ3) is 4.04. The van der Waals surface area contributed by atoms with Crippen molar-refractivity contribution in [3.63, 3.8) is 0 Å². The molecule has 0 aliphatic rings. The molecule has 0 spiro atoms. The standard InChI is InChI=1S/C15H15N3O2S/c1-3-8-16-14(19)11-21-15-17-9-10-18(15)12-4-6-13(20-2)7-5-12/h1,4-7,9-10H,8,11H2,2H3,(H,16,19). The minimum Gasteiger partial charge on any atom is -0.497 e. The summed E-state index contributed by atoms with van der Waals surface area (Å²) in [4.78, 5) is 15.8. The topological polar surface area (TPSA) is 56.2 Å². The van der Waals surface area contributed by atoms with Crippen molar-refractivity contribution in [3.05, 3.63) is 36.7 Å². The summed E-state index contributed by atoms with van der Waals surface area (Å²) in [5, 5.41) is 3.37. The van der Waals surface area contributed by atoms with Crippen LogP contribution in [0.25, 0.3) is 5.69 Å². The van der Waals surface area contributed by atoms with Crippen molar-refractivity contribution < 1.29 is 9.53 Å². The molecule has 6 heteroatoms. The Bertz CT molecular complexity index is 644. The molecule has 0 unspecified atom stereocenters. The Hall–Kier alpha value is -2.39. The predicted molar refractivity (Wildman–Crippen MR) is 82.7 cm³/mol. The summed E-state index contributed by atoms with van der Waals surface area (Å²) in [5.74, 6) is 3.32. The zero-order chi connectivity index (χ0) is 15.1. The zero-order valence-corrected chi connectivity index (χ0v) is 12.4. The van der Waals surface area contributed by atoms with Gasteiger partial charge in [0.2, 0.25) is 5.91 Å². The molecule has 1 aromatic heterocycles. The number of benzene rings is 1. The van der Waals surface area contributed by atoms with Crippen molar-refractivity contribution in [1.82, 2.24) is 14.9 Å². The highest BCUT2D eigenvalue weighted by Crippen LogP contribution is 2.21. The Kier molecular flexibility index (Phi) is 5.29. The number of carbonyl (C=O) groups is 1. The Balaban J connectivity index is 2.04. The molecule has 0 saturated carbocycles. The van der Waals surface area contributed by atoms with Crippen molar-refractivity contribution in [2.45, 2.75) is 5.16 Å². The second-order valence-corrected chi connectivity index (χ2v) is 4.99. The summed E-state index contributed by atoms with van der Waals surface area (Å²) in [6, 6.07) is 7.62. The lowest BCUT2D eigenvalue weighted by atomic mass is 10.3. The van der Waals surface area contributed by atoms with Crippen LogP contribution >= 0.6 is 11.8 Å². The van der Waals surface area contributed by atoms with Crippen LogP contribution in [0, 0.1) is 12.3 Å². The molecule has 0 fully saturated rings. The fourth-order valence-corrected chi connectivity index (χ4v) is 2.47. The number of nitrogens with one attached hydrogen (secondary N) is 1. The summed E-state index contributed by atoms with van der Waals surface area (Å²) in [7, 11) is 1.63. The molecular weight excluding hydrogens is 286 g/mol. The highest BCUT2D eigenvalue weighted by Gasteiger charge is 2.08. The monoisotopic (exact) mass is 301 g/mol. The summed E-state index contributed by atoms with van der Waals surface area (Å²) >= 11 is 1.36. The molecule has 0 bridgehead atoms. The smallest absolute Gasteiger partial charge is 0.231 e. The van der Waals surface area contributed by atoms with E-state index in [1.165, 1.54) is 11.8 Å². The number of thioether (sulfide) groups is 1. The molecule has 0 atom stereocenters. The molecule has 0 saturated heterocycles. The number of ether oxygens (including phenoxy) is 1. The first-order valence-corrected chi connectivity index (χ1v) is 7.24. The van der Waals surface area contributed by atoms with Gasteiger partial charge in [0.1, 0.15) is 5.75 Å². The van der Waals surface area contributed by atoms with Crippen LogP contribution < -0.4 is 10.1 Å². The fraction of sp³-hybridized carbons (Fsp3) is 0.200. The number of amides is 1. The first kappa shape index (κ1) is 15.0. The van der Waals surface area contributed by atoms with Gasteiger partial charge in [-0.3, -0.25) is 9.36 Å². The maximum atomic E-state index is 11.5. The van der Waals surface area contributed by atoms with Crippen LogP contribution in [0.3, 0.4) is 0 Å². The highest BCUT2D eigenvalue weighted by atomic mass is 32.2. The van der Waals surface area contributed by atoms with Crippen molar-refractivity contribution in [2.24, 2.45) is 0 Å². The van der Waals surface area contributed by atoms with Crippen molar-refractivity contribution in [1.29, 1.82) is 0 Å². The van der Waals surface area contributed by atoms with Crippen molar-refractivity contribution in [2.75, 3.05) is 19.4 Å². The molecule has 2 rings (SSSR count). The van der Waals surface area contributed by atoms with Gasteiger partial charge in [0.25, 0.3) is 0 Å². The molecule has 108 valence electrons. The Morgan fingerprint density at radius 3 is 2.90 bits per heavy atom. The van der Waals surface area contributed by atoms with E-state index in [0.29, 0.717) is 0 Å². The van der Waals surface area contributed by atoms with Crippen LogP contribution in [-0.4, -0.2) is 34.9 Å². The summed E-state index contributed by atoms with van der Waals surface area (Å²) in [6.45, 7) is 0.242. The van der Waals surface area contributed by atoms with E-state index < -0.39 is 0 Å². The van der Waals surface area contributed by atoms with Gasteiger partial charge >= 0.3 is 0 Å². The third-order valence-electron chi connectivity index (χ3n) is 2.68. The number of hydrogen-bond acceptors (Lipinski definition) is 4. The first-order valence-electron chi connectivity index (χ1n) is 6.25. The van der Waals surface area contributed by atoms with E-state index >= 15 is 0 Å². The number of methoxy groups -OCH3 is 1. The highest BCUT2D eigenvalue weighted by molar-refractivity contribution is 7.99. The lowest BCUT2D eigenvalue weighted by Gasteiger charge is -2.08. The lowest BCUT2D eigenvalue weighted by molar-refractivity contribution is -0.118. The number of aromatic nitrogens is 2. The SMILES string of the molecule is C#CCNC(=O)CSc1nccn1-c1ccc(OC)cc1. The molecule has 0 aliphatic heterocycles. The lowest BCUT2D eigenvalue weighted by Crippen LogP contribution is -2.25. The Morgan fingerprint density at radius 2 is 2.24 bits per heavy atom. The van der Waals surface area contributed by atoms with Crippen LogP contribution in [0.15, 0.2) is 41.8 Å². The van der Waals surface area contributed by atoms with E-state index in [1.807, 2.05) is 35.0 Å². The fourth-order valence-electron chi connectivity index (χ4n) is 1.67. The first-order chi connectivity index (χ1) is 10.2. The molecule has 2 aromatic rings. The largest absolute Gasteiger partial charge is 0.497 e. The molecular formula is C15H15N3O2S. The van der Waals surface area contributed by atoms with Crippen LogP contribution in [0.2, 0.25) is 0 Å². The number of nitrogens with zero attached hydrogens (tertiary/aromatic N) is 2. The molecule has 0 radical (unpaired) electrons. The normalized spacial score (nSPS) is 9.90. The number of imidazole rings is 1. The summed E-state index contributed by atoms with van der Waals surface area (Å²) in [6.07, 6.45) is 8.64. The maximum absolute atomic E-state index is 11.5.